The lowest BCUT2D eigenvalue weighted by Gasteiger charge is -2.08. The third kappa shape index (κ3) is 4.29. The van der Waals surface area contributed by atoms with Crippen molar-refractivity contribution in [1.29, 1.82) is 0 Å². The number of hydrogen-bond acceptors (Lipinski definition) is 2. The third-order valence-corrected chi connectivity index (χ3v) is 4.17. The van der Waals surface area contributed by atoms with E-state index in [2.05, 4.69) is 15.9 Å². The highest BCUT2D eigenvalue weighted by atomic mass is 79.9. The zero-order valence-corrected chi connectivity index (χ0v) is 13.7. The predicted octanol–water partition coefficient (Wildman–Crippen LogP) is 4.60. The van der Waals surface area contributed by atoms with Crippen LogP contribution in [0.3, 0.4) is 0 Å². The lowest BCUT2D eigenvalue weighted by molar-refractivity contribution is -0.117. The van der Waals surface area contributed by atoms with Crippen molar-refractivity contribution in [3.8, 4) is 5.75 Å². The van der Waals surface area contributed by atoms with Crippen LogP contribution in [-0.2, 0) is 17.6 Å². The molecule has 110 valence electrons. The fraction of sp³-hybridized carbons (Fsp3) is 0.188. The predicted molar refractivity (Wildman–Crippen MR) is 84.5 cm³/mol. The maximum atomic E-state index is 13.0. The summed E-state index contributed by atoms with van der Waals surface area (Å²) in [5.74, 6) is 0.282. The number of Topliss-reactive ketones (excluding diaryl/α,β-unsaturated/α-hetero) is 1. The number of hydrogen-bond donors (Lipinski definition) is 0. The summed E-state index contributed by atoms with van der Waals surface area (Å²) in [6.45, 7) is 0. The molecular formula is C16H13BrClFO2. The van der Waals surface area contributed by atoms with Gasteiger partial charge in [0.25, 0.3) is 0 Å². The van der Waals surface area contributed by atoms with Crippen LogP contribution in [0.2, 0.25) is 5.02 Å². The van der Waals surface area contributed by atoms with Crippen molar-refractivity contribution in [2.75, 3.05) is 7.11 Å². The Hall–Kier alpha value is -1.39. The molecule has 2 nitrogen and oxygen atoms in total. The highest BCUT2D eigenvalue weighted by Crippen LogP contribution is 2.24. The minimum absolute atomic E-state index is 0.00235. The highest BCUT2D eigenvalue weighted by molar-refractivity contribution is 9.10. The molecule has 2 rings (SSSR count). The summed E-state index contributed by atoms with van der Waals surface area (Å²) in [6, 6.07) is 9.52. The van der Waals surface area contributed by atoms with Crippen LogP contribution in [0.4, 0.5) is 4.39 Å². The summed E-state index contributed by atoms with van der Waals surface area (Å²) in [6.07, 6.45) is 0.425. The lowest BCUT2D eigenvalue weighted by atomic mass is 10.0. The maximum Gasteiger partial charge on any atom is 0.141 e. The number of ether oxygens (including phenoxy) is 1. The molecule has 0 saturated heterocycles. The summed E-state index contributed by atoms with van der Waals surface area (Å²) in [5.41, 5.74) is 1.47. The number of carbonyl (C=O) groups excluding carboxylic acids is 1. The molecule has 0 N–H and O–H groups in total. The van der Waals surface area contributed by atoms with Crippen LogP contribution in [-0.4, -0.2) is 12.9 Å². The summed E-state index contributed by atoms with van der Waals surface area (Å²) in [7, 11) is 1.58. The lowest BCUT2D eigenvalue weighted by Crippen LogP contribution is -2.07. The second-order valence-electron chi connectivity index (χ2n) is 4.59. The van der Waals surface area contributed by atoms with E-state index in [9.17, 15) is 9.18 Å². The number of methoxy groups -OCH3 is 1. The van der Waals surface area contributed by atoms with Gasteiger partial charge in [-0.05, 0) is 41.5 Å². The maximum absolute atomic E-state index is 13.0. The molecule has 0 unspecified atom stereocenters. The van der Waals surface area contributed by atoms with Gasteiger partial charge in [-0.25, -0.2) is 4.39 Å². The van der Waals surface area contributed by atoms with Crippen LogP contribution in [0.5, 0.6) is 5.75 Å². The van der Waals surface area contributed by atoms with Crippen molar-refractivity contribution in [2.24, 2.45) is 0 Å². The van der Waals surface area contributed by atoms with Gasteiger partial charge < -0.3 is 4.74 Å². The average molecular weight is 372 g/mol. The van der Waals surface area contributed by atoms with Gasteiger partial charge in [-0.1, -0.05) is 33.6 Å². The van der Waals surface area contributed by atoms with Gasteiger partial charge in [-0.3, -0.25) is 4.79 Å². The highest BCUT2D eigenvalue weighted by Gasteiger charge is 2.11. The molecule has 5 heteroatoms. The molecule has 0 aliphatic carbocycles. The molecule has 0 atom stereocenters. The van der Waals surface area contributed by atoms with Crippen molar-refractivity contribution in [3.05, 3.63) is 62.8 Å². The Morgan fingerprint density at radius 1 is 1.19 bits per heavy atom. The van der Waals surface area contributed by atoms with Crippen LogP contribution in [0.25, 0.3) is 0 Å². The SMILES string of the molecule is COc1ccc(Br)c(CC(=O)Cc2ccc(F)cc2Cl)c1. The fourth-order valence-corrected chi connectivity index (χ4v) is 2.59. The van der Waals surface area contributed by atoms with Gasteiger partial charge in [-0.15, -0.1) is 0 Å². The molecule has 0 saturated carbocycles. The van der Waals surface area contributed by atoms with E-state index in [1.54, 1.807) is 7.11 Å². The smallest absolute Gasteiger partial charge is 0.141 e. The van der Waals surface area contributed by atoms with Gasteiger partial charge in [0.15, 0.2) is 0 Å². The first-order valence-corrected chi connectivity index (χ1v) is 7.44. The third-order valence-electron chi connectivity index (χ3n) is 3.04. The Labute approximate surface area is 136 Å². The van der Waals surface area contributed by atoms with Crippen molar-refractivity contribution in [1.82, 2.24) is 0 Å². The Balaban J connectivity index is 2.11. The van der Waals surface area contributed by atoms with Crippen LogP contribution in [0.15, 0.2) is 40.9 Å². The Kier molecular flexibility index (Phi) is 5.37. The first kappa shape index (κ1) is 16.0. The minimum atomic E-state index is -0.410. The molecule has 0 heterocycles. The molecular weight excluding hydrogens is 359 g/mol. The number of ketones is 1. The quantitative estimate of drug-likeness (QED) is 0.767. The van der Waals surface area contributed by atoms with E-state index in [4.69, 9.17) is 16.3 Å². The van der Waals surface area contributed by atoms with Crippen LogP contribution in [0, 0.1) is 5.82 Å². The molecule has 21 heavy (non-hydrogen) atoms. The van der Waals surface area contributed by atoms with Gasteiger partial charge in [0.1, 0.15) is 17.3 Å². The molecule has 0 radical (unpaired) electrons. The van der Waals surface area contributed by atoms with Crippen molar-refractivity contribution in [3.63, 3.8) is 0 Å². The molecule has 0 aliphatic rings. The van der Waals surface area contributed by atoms with Gasteiger partial charge in [0.2, 0.25) is 0 Å². The molecule has 0 aromatic heterocycles. The Morgan fingerprint density at radius 2 is 1.90 bits per heavy atom. The molecule has 0 amide bonds. The second-order valence-corrected chi connectivity index (χ2v) is 5.85. The average Bonchev–Trinajstić information content (AvgIpc) is 2.44. The molecule has 0 fully saturated rings. The Morgan fingerprint density at radius 3 is 2.57 bits per heavy atom. The molecule has 0 bridgehead atoms. The van der Waals surface area contributed by atoms with E-state index in [1.165, 1.54) is 18.2 Å². The van der Waals surface area contributed by atoms with Gasteiger partial charge in [-0.2, -0.15) is 0 Å². The first-order chi connectivity index (χ1) is 9.99. The van der Waals surface area contributed by atoms with Crippen LogP contribution < -0.4 is 4.74 Å². The number of rotatable bonds is 5. The van der Waals surface area contributed by atoms with E-state index >= 15 is 0 Å². The summed E-state index contributed by atoms with van der Waals surface area (Å²) in [5, 5.41) is 0.271. The number of benzene rings is 2. The molecule has 2 aromatic rings. The monoisotopic (exact) mass is 370 g/mol. The van der Waals surface area contributed by atoms with Crippen molar-refractivity contribution < 1.29 is 13.9 Å². The number of carbonyl (C=O) groups is 1. The van der Waals surface area contributed by atoms with Gasteiger partial charge in [0, 0.05) is 22.3 Å². The topological polar surface area (TPSA) is 26.3 Å². The standard InChI is InChI=1S/C16H13BrClFO2/c1-21-14-4-5-15(17)11(8-14)7-13(20)6-10-2-3-12(19)9-16(10)18/h2-5,8-9H,6-7H2,1H3. The van der Waals surface area contributed by atoms with E-state index in [0.29, 0.717) is 11.3 Å². The second kappa shape index (κ2) is 7.05. The Bertz CT molecular complexity index is 673. The van der Waals surface area contributed by atoms with Crippen molar-refractivity contribution >= 4 is 33.3 Å². The van der Waals surface area contributed by atoms with Crippen LogP contribution in [0.1, 0.15) is 11.1 Å². The van der Waals surface area contributed by atoms with Gasteiger partial charge >= 0.3 is 0 Å². The van der Waals surface area contributed by atoms with Crippen LogP contribution >= 0.6 is 27.5 Å². The van der Waals surface area contributed by atoms with E-state index in [0.717, 1.165) is 10.0 Å². The van der Waals surface area contributed by atoms with E-state index in [-0.39, 0.29) is 23.6 Å². The fourth-order valence-electron chi connectivity index (χ4n) is 1.97. The molecule has 0 aliphatic heterocycles. The normalized spacial score (nSPS) is 10.5. The molecule has 0 spiro atoms. The first-order valence-electron chi connectivity index (χ1n) is 6.27. The summed E-state index contributed by atoms with van der Waals surface area (Å²) >= 11 is 9.35. The summed E-state index contributed by atoms with van der Waals surface area (Å²) in [4.78, 5) is 12.2. The minimum Gasteiger partial charge on any atom is -0.497 e. The zero-order chi connectivity index (χ0) is 15.4. The van der Waals surface area contributed by atoms with Crippen molar-refractivity contribution in [2.45, 2.75) is 12.8 Å². The largest absolute Gasteiger partial charge is 0.497 e. The zero-order valence-electron chi connectivity index (χ0n) is 11.3. The van der Waals surface area contributed by atoms with E-state index < -0.39 is 5.82 Å². The van der Waals surface area contributed by atoms with Gasteiger partial charge in [0.05, 0.1) is 7.11 Å². The number of halogens is 3. The summed E-state index contributed by atoms with van der Waals surface area (Å²) < 4.78 is 19.0. The van der Waals surface area contributed by atoms with E-state index in [1.807, 2.05) is 18.2 Å². The molecule has 2 aromatic carbocycles.